The van der Waals surface area contributed by atoms with Gasteiger partial charge in [0, 0.05) is 18.8 Å². The second-order valence-electron chi connectivity index (χ2n) is 3.71. The molecule has 1 aromatic rings. The average Bonchev–Trinajstić information content (AvgIpc) is 2.28. The van der Waals surface area contributed by atoms with Crippen LogP contribution in [0.3, 0.4) is 0 Å². The molecule has 0 N–H and O–H groups in total. The Labute approximate surface area is 99.8 Å². The van der Waals surface area contributed by atoms with E-state index in [9.17, 15) is 9.18 Å². The van der Waals surface area contributed by atoms with Gasteiger partial charge in [0.05, 0.1) is 11.3 Å². The molecule has 0 heterocycles. The van der Waals surface area contributed by atoms with E-state index in [-0.39, 0.29) is 11.6 Å². The Balaban J connectivity index is 3.03. The van der Waals surface area contributed by atoms with Gasteiger partial charge in [0.25, 0.3) is 0 Å². The third kappa shape index (κ3) is 2.76. The summed E-state index contributed by atoms with van der Waals surface area (Å²) < 4.78 is 13.4. The van der Waals surface area contributed by atoms with E-state index in [1.54, 1.807) is 23.9 Å². The molecule has 88 valence electrons. The molecule has 1 rings (SSSR count). The van der Waals surface area contributed by atoms with Crippen LogP contribution in [0.1, 0.15) is 17.3 Å². The highest BCUT2D eigenvalue weighted by Gasteiger charge is 2.15. The molecule has 0 radical (unpaired) electrons. The van der Waals surface area contributed by atoms with Crippen molar-refractivity contribution >= 4 is 23.7 Å². The highest BCUT2D eigenvalue weighted by atomic mass is 32.2. The first-order valence-electron chi connectivity index (χ1n) is 5.07. The third-order valence-corrected chi connectivity index (χ3v) is 3.41. The van der Waals surface area contributed by atoms with Gasteiger partial charge in [-0.15, -0.1) is 0 Å². The van der Waals surface area contributed by atoms with Crippen LogP contribution in [0, 0.1) is 5.82 Å². The summed E-state index contributed by atoms with van der Waals surface area (Å²) in [4.78, 5) is 12.8. The minimum atomic E-state index is -0.462. The molecule has 1 aromatic carbocycles. The Morgan fingerprint density at radius 3 is 2.81 bits per heavy atom. The van der Waals surface area contributed by atoms with Crippen molar-refractivity contribution in [1.82, 2.24) is 0 Å². The summed E-state index contributed by atoms with van der Waals surface area (Å²) in [7, 11) is 1.88. The topological polar surface area (TPSA) is 20.3 Å². The van der Waals surface area contributed by atoms with Gasteiger partial charge in [0.1, 0.15) is 5.82 Å². The van der Waals surface area contributed by atoms with Crippen LogP contribution in [-0.4, -0.2) is 31.4 Å². The first kappa shape index (κ1) is 13.0. The summed E-state index contributed by atoms with van der Waals surface area (Å²) in [6.45, 7) is 2.05. The lowest BCUT2D eigenvalue weighted by molar-refractivity contribution is 0.112. The van der Waals surface area contributed by atoms with Crippen molar-refractivity contribution in [3.63, 3.8) is 0 Å². The lowest BCUT2D eigenvalue weighted by atomic mass is 10.1. The SMILES string of the molecule is CSCC(C)N(C)c1cccc(F)c1C=O. The van der Waals surface area contributed by atoms with Crippen molar-refractivity contribution in [2.45, 2.75) is 13.0 Å². The highest BCUT2D eigenvalue weighted by molar-refractivity contribution is 7.98. The van der Waals surface area contributed by atoms with Gasteiger partial charge in [-0.3, -0.25) is 4.79 Å². The van der Waals surface area contributed by atoms with Crippen molar-refractivity contribution in [2.24, 2.45) is 0 Å². The molecule has 4 heteroatoms. The fraction of sp³-hybridized carbons (Fsp3) is 0.417. The van der Waals surface area contributed by atoms with E-state index in [1.807, 2.05) is 18.2 Å². The van der Waals surface area contributed by atoms with Crippen LogP contribution in [0.15, 0.2) is 18.2 Å². The summed E-state index contributed by atoms with van der Waals surface area (Å²) in [5.74, 6) is 0.474. The van der Waals surface area contributed by atoms with Gasteiger partial charge in [0.15, 0.2) is 6.29 Å². The normalized spacial score (nSPS) is 12.2. The van der Waals surface area contributed by atoms with Crippen molar-refractivity contribution in [1.29, 1.82) is 0 Å². The predicted molar refractivity (Wildman–Crippen MR) is 68.0 cm³/mol. The number of benzene rings is 1. The second-order valence-corrected chi connectivity index (χ2v) is 4.62. The molecule has 0 bridgehead atoms. The maximum atomic E-state index is 13.4. The monoisotopic (exact) mass is 241 g/mol. The fourth-order valence-corrected chi connectivity index (χ4v) is 2.25. The molecule has 0 spiro atoms. The third-order valence-electron chi connectivity index (χ3n) is 2.60. The molecule has 16 heavy (non-hydrogen) atoms. The smallest absolute Gasteiger partial charge is 0.155 e. The van der Waals surface area contributed by atoms with Crippen LogP contribution in [0.5, 0.6) is 0 Å². The van der Waals surface area contributed by atoms with Gasteiger partial charge in [-0.1, -0.05) is 6.07 Å². The average molecular weight is 241 g/mol. The van der Waals surface area contributed by atoms with Crippen molar-refractivity contribution in [3.8, 4) is 0 Å². The maximum absolute atomic E-state index is 13.4. The Kier molecular flexibility index (Phi) is 4.80. The molecule has 0 aliphatic rings. The molecular formula is C12H16FNOS. The molecule has 1 atom stereocenters. The molecular weight excluding hydrogens is 225 g/mol. The Morgan fingerprint density at radius 2 is 2.25 bits per heavy atom. The zero-order chi connectivity index (χ0) is 12.1. The minimum Gasteiger partial charge on any atom is -0.370 e. The van der Waals surface area contributed by atoms with E-state index >= 15 is 0 Å². The van der Waals surface area contributed by atoms with Crippen molar-refractivity contribution in [3.05, 3.63) is 29.6 Å². The first-order valence-corrected chi connectivity index (χ1v) is 6.46. The summed E-state index contributed by atoms with van der Waals surface area (Å²) in [5.41, 5.74) is 0.787. The number of rotatable bonds is 5. The van der Waals surface area contributed by atoms with E-state index in [4.69, 9.17) is 0 Å². The molecule has 0 saturated heterocycles. The molecule has 0 fully saturated rings. The van der Waals surface area contributed by atoms with Crippen LogP contribution < -0.4 is 4.90 Å². The van der Waals surface area contributed by atoms with Crippen molar-refractivity contribution in [2.75, 3.05) is 24.0 Å². The van der Waals surface area contributed by atoms with Crippen LogP contribution >= 0.6 is 11.8 Å². The Morgan fingerprint density at radius 1 is 1.56 bits per heavy atom. The largest absolute Gasteiger partial charge is 0.370 e. The molecule has 2 nitrogen and oxygen atoms in total. The van der Waals surface area contributed by atoms with Gasteiger partial charge in [-0.25, -0.2) is 4.39 Å². The van der Waals surface area contributed by atoms with Gasteiger partial charge in [0.2, 0.25) is 0 Å². The number of hydrogen-bond donors (Lipinski definition) is 0. The van der Waals surface area contributed by atoms with Crippen LogP contribution in [-0.2, 0) is 0 Å². The number of thioether (sulfide) groups is 1. The number of aldehydes is 1. The lowest BCUT2D eigenvalue weighted by Crippen LogP contribution is -2.31. The predicted octanol–water partition coefficient (Wildman–Crippen LogP) is 2.83. The molecule has 0 saturated carbocycles. The fourth-order valence-electron chi connectivity index (χ4n) is 1.54. The zero-order valence-electron chi connectivity index (χ0n) is 9.74. The number of halogens is 1. The van der Waals surface area contributed by atoms with Crippen molar-refractivity contribution < 1.29 is 9.18 Å². The Hall–Kier alpha value is -1.03. The number of anilines is 1. The standard InChI is InChI=1S/C12H16FNOS/c1-9(8-16-3)14(2)12-6-4-5-11(13)10(12)7-15/h4-7,9H,8H2,1-3H3. The van der Waals surface area contributed by atoms with Gasteiger partial charge in [-0.2, -0.15) is 11.8 Å². The number of carbonyl (C=O) groups is 1. The zero-order valence-corrected chi connectivity index (χ0v) is 10.6. The van der Waals surface area contributed by atoms with Gasteiger partial charge >= 0.3 is 0 Å². The van der Waals surface area contributed by atoms with E-state index in [2.05, 4.69) is 6.92 Å². The molecule has 0 amide bonds. The quantitative estimate of drug-likeness (QED) is 0.739. The summed E-state index contributed by atoms with van der Waals surface area (Å²) in [6, 6.07) is 4.96. The van der Waals surface area contributed by atoms with E-state index < -0.39 is 5.82 Å². The minimum absolute atomic E-state index is 0.137. The molecule has 0 aliphatic carbocycles. The second kappa shape index (κ2) is 5.89. The summed E-state index contributed by atoms with van der Waals surface area (Å²) in [6.07, 6.45) is 2.60. The molecule has 1 unspecified atom stereocenters. The Bertz CT molecular complexity index is 370. The van der Waals surface area contributed by atoms with Gasteiger partial charge in [-0.05, 0) is 25.3 Å². The first-order chi connectivity index (χ1) is 7.61. The number of carbonyl (C=O) groups excluding carboxylic acids is 1. The van der Waals surface area contributed by atoms with Crippen LogP contribution in [0.2, 0.25) is 0 Å². The van der Waals surface area contributed by atoms with Crippen LogP contribution in [0.25, 0.3) is 0 Å². The summed E-state index contributed by atoms with van der Waals surface area (Å²) in [5, 5.41) is 0. The number of nitrogens with zero attached hydrogens (tertiary/aromatic N) is 1. The van der Waals surface area contributed by atoms with E-state index in [1.165, 1.54) is 6.07 Å². The maximum Gasteiger partial charge on any atom is 0.155 e. The number of hydrogen-bond acceptors (Lipinski definition) is 3. The van der Waals surface area contributed by atoms with E-state index in [0.717, 1.165) is 5.75 Å². The van der Waals surface area contributed by atoms with Gasteiger partial charge < -0.3 is 4.90 Å². The van der Waals surface area contributed by atoms with E-state index in [0.29, 0.717) is 12.0 Å². The molecule has 0 aromatic heterocycles. The van der Waals surface area contributed by atoms with Crippen LogP contribution in [0.4, 0.5) is 10.1 Å². The lowest BCUT2D eigenvalue weighted by Gasteiger charge is -2.27. The molecule has 0 aliphatic heterocycles. The summed E-state index contributed by atoms with van der Waals surface area (Å²) >= 11 is 1.73. The highest BCUT2D eigenvalue weighted by Crippen LogP contribution is 2.23.